The number of nitrogens with one attached hydrogen (secondary N) is 1. The van der Waals surface area contributed by atoms with E-state index in [2.05, 4.69) is 26.1 Å². The second kappa shape index (κ2) is 8.37. The Morgan fingerprint density at radius 2 is 1.84 bits per heavy atom. The van der Waals surface area contributed by atoms with E-state index in [1.54, 1.807) is 24.3 Å². The number of rotatable bonds is 7. The molecule has 2 rings (SSSR count). The van der Waals surface area contributed by atoms with Crippen molar-refractivity contribution in [1.29, 1.82) is 0 Å². The van der Waals surface area contributed by atoms with Crippen LogP contribution in [0.2, 0.25) is 0 Å². The first-order valence-corrected chi connectivity index (χ1v) is 9.14. The van der Waals surface area contributed by atoms with Gasteiger partial charge in [0.05, 0.1) is 5.56 Å². The lowest BCUT2D eigenvalue weighted by atomic mass is 9.69. The Hall–Kier alpha value is -2.04. The molecule has 0 bridgehead atoms. The topological polar surface area (TPSA) is 81.4 Å². The number of ether oxygens (including phenoxy) is 1. The van der Waals surface area contributed by atoms with Crippen molar-refractivity contribution in [2.45, 2.75) is 58.9 Å². The van der Waals surface area contributed by atoms with Gasteiger partial charge in [-0.2, -0.15) is 0 Å². The van der Waals surface area contributed by atoms with Crippen LogP contribution in [0.4, 0.5) is 0 Å². The Morgan fingerprint density at radius 1 is 1.20 bits per heavy atom. The third-order valence-electron chi connectivity index (χ3n) is 5.58. The smallest absolute Gasteiger partial charge is 0.255 e. The number of carbonyl (C=O) groups is 2. The van der Waals surface area contributed by atoms with Crippen LogP contribution in [-0.4, -0.2) is 24.5 Å². The van der Waals surface area contributed by atoms with E-state index in [9.17, 15) is 9.59 Å². The maximum atomic E-state index is 12.6. The van der Waals surface area contributed by atoms with E-state index in [0.717, 1.165) is 31.6 Å². The van der Waals surface area contributed by atoms with E-state index in [1.807, 2.05) is 0 Å². The molecule has 0 heterocycles. The third kappa shape index (κ3) is 5.21. The number of nitrogens with two attached hydrogens (primary N) is 1. The first-order chi connectivity index (χ1) is 11.8. The van der Waals surface area contributed by atoms with E-state index in [1.165, 1.54) is 6.42 Å². The number of hydrogen-bond donors (Lipinski definition) is 2. The fourth-order valence-electron chi connectivity index (χ4n) is 3.50. The summed E-state index contributed by atoms with van der Waals surface area (Å²) in [5.74, 6) is 0.391. The van der Waals surface area contributed by atoms with Crippen LogP contribution in [0.15, 0.2) is 24.3 Å². The highest BCUT2D eigenvalue weighted by molar-refractivity contribution is 5.97. The van der Waals surface area contributed by atoms with Crippen LogP contribution >= 0.6 is 0 Å². The van der Waals surface area contributed by atoms with Crippen LogP contribution in [0.25, 0.3) is 0 Å². The van der Waals surface area contributed by atoms with E-state index >= 15 is 0 Å². The molecule has 0 radical (unpaired) electrons. The SMILES string of the molecule is CCC(C)(C)C1CCC(NC(=O)c2ccccc2OCC(N)=O)CC1. The molecule has 1 fully saturated rings. The predicted molar refractivity (Wildman–Crippen MR) is 98.4 cm³/mol. The van der Waals surface area contributed by atoms with Crippen molar-refractivity contribution in [1.82, 2.24) is 5.32 Å². The average Bonchev–Trinajstić information content (AvgIpc) is 2.60. The molecule has 5 nitrogen and oxygen atoms in total. The van der Waals surface area contributed by atoms with Crippen LogP contribution in [0.1, 0.15) is 63.2 Å². The van der Waals surface area contributed by atoms with Gasteiger partial charge < -0.3 is 15.8 Å². The standard InChI is InChI=1S/C20H30N2O3/c1-4-20(2,3)14-9-11-15(12-10-14)22-19(24)16-7-5-6-8-17(16)25-13-18(21)23/h5-8,14-15H,4,9-13H2,1-3H3,(H2,21,23)(H,22,24). The lowest BCUT2D eigenvalue weighted by molar-refractivity contribution is -0.119. The summed E-state index contributed by atoms with van der Waals surface area (Å²) in [5.41, 5.74) is 5.92. The Labute approximate surface area is 150 Å². The second-order valence-corrected chi connectivity index (χ2v) is 7.62. The Bertz CT molecular complexity index is 605. The molecule has 1 aliphatic carbocycles. The normalized spacial score (nSPS) is 20.8. The van der Waals surface area contributed by atoms with Crippen molar-refractivity contribution in [2.75, 3.05) is 6.61 Å². The van der Waals surface area contributed by atoms with Crippen molar-refractivity contribution >= 4 is 11.8 Å². The molecule has 0 spiro atoms. The van der Waals surface area contributed by atoms with Crippen molar-refractivity contribution in [3.8, 4) is 5.75 Å². The Kier molecular flexibility index (Phi) is 6.45. The van der Waals surface area contributed by atoms with E-state index in [0.29, 0.717) is 16.7 Å². The van der Waals surface area contributed by atoms with Crippen molar-refractivity contribution in [3.63, 3.8) is 0 Å². The summed E-state index contributed by atoms with van der Waals surface area (Å²) in [6, 6.07) is 7.13. The molecule has 25 heavy (non-hydrogen) atoms. The summed E-state index contributed by atoms with van der Waals surface area (Å²) in [6.45, 7) is 6.68. The maximum absolute atomic E-state index is 12.6. The Morgan fingerprint density at radius 3 is 2.44 bits per heavy atom. The minimum atomic E-state index is -0.563. The first-order valence-electron chi connectivity index (χ1n) is 9.14. The number of carbonyl (C=O) groups excluding carboxylic acids is 2. The largest absolute Gasteiger partial charge is 0.483 e. The van der Waals surface area contributed by atoms with Gasteiger partial charge in [-0.1, -0.05) is 39.3 Å². The molecule has 1 aliphatic rings. The highest BCUT2D eigenvalue weighted by Gasteiger charge is 2.32. The van der Waals surface area contributed by atoms with Gasteiger partial charge in [-0.15, -0.1) is 0 Å². The highest BCUT2D eigenvalue weighted by atomic mass is 16.5. The number of amides is 2. The number of hydrogen-bond acceptors (Lipinski definition) is 3. The summed E-state index contributed by atoms with van der Waals surface area (Å²) >= 11 is 0. The van der Waals surface area contributed by atoms with Gasteiger partial charge in [0.15, 0.2) is 6.61 Å². The van der Waals surface area contributed by atoms with Crippen LogP contribution in [0, 0.1) is 11.3 Å². The van der Waals surface area contributed by atoms with Gasteiger partial charge in [0.1, 0.15) is 5.75 Å². The van der Waals surface area contributed by atoms with Gasteiger partial charge in [0.2, 0.25) is 0 Å². The van der Waals surface area contributed by atoms with Gasteiger partial charge in [0.25, 0.3) is 11.8 Å². The zero-order chi connectivity index (χ0) is 18.4. The highest BCUT2D eigenvalue weighted by Crippen LogP contribution is 2.40. The van der Waals surface area contributed by atoms with E-state index < -0.39 is 5.91 Å². The van der Waals surface area contributed by atoms with Gasteiger partial charge in [-0.25, -0.2) is 0 Å². The molecule has 1 aromatic carbocycles. The number of primary amides is 1. The van der Waals surface area contributed by atoms with E-state index in [4.69, 9.17) is 10.5 Å². The summed E-state index contributed by atoms with van der Waals surface area (Å²) in [6.07, 6.45) is 5.48. The fraction of sp³-hybridized carbons (Fsp3) is 0.600. The zero-order valence-electron chi connectivity index (χ0n) is 15.5. The number of para-hydroxylation sites is 1. The molecule has 0 aromatic heterocycles. The fourth-order valence-corrected chi connectivity index (χ4v) is 3.50. The molecule has 0 aliphatic heterocycles. The molecule has 0 atom stereocenters. The van der Waals surface area contributed by atoms with Gasteiger partial charge in [0, 0.05) is 6.04 Å². The zero-order valence-corrected chi connectivity index (χ0v) is 15.5. The molecule has 5 heteroatoms. The summed E-state index contributed by atoms with van der Waals surface area (Å²) in [7, 11) is 0. The molecule has 3 N–H and O–H groups in total. The molecule has 0 unspecified atom stereocenters. The van der Waals surface area contributed by atoms with Crippen molar-refractivity contribution < 1.29 is 14.3 Å². The molecule has 1 aromatic rings. The van der Waals surface area contributed by atoms with Crippen molar-refractivity contribution in [2.24, 2.45) is 17.1 Å². The quantitative estimate of drug-likeness (QED) is 0.795. The lowest BCUT2D eigenvalue weighted by Gasteiger charge is -2.39. The molecule has 1 saturated carbocycles. The summed E-state index contributed by atoms with van der Waals surface area (Å²) < 4.78 is 5.35. The minimum absolute atomic E-state index is 0.154. The van der Waals surface area contributed by atoms with Gasteiger partial charge in [-0.3, -0.25) is 9.59 Å². The van der Waals surface area contributed by atoms with Crippen LogP contribution in [0.3, 0.4) is 0 Å². The van der Waals surface area contributed by atoms with Crippen molar-refractivity contribution in [3.05, 3.63) is 29.8 Å². The van der Waals surface area contributed by atoms with Gasteiger partial charge in [-0.05, 0) is 49.1 Å². The summed E-state index contributed by atoms with van der Waals surface area (Å²) in [5, 5.41) is 3.12. The van der Waals surface area contributed by atoms with E-state index in [-0.39, 0.29) is 18.6 Å². The lowest BCUT2D eigenvalue weighted by Crippen LogP contribution is -2.40. The molecule has 138 valence electrons. The summed E-state index contributed by atoms with van der Waals surface area (Å²) in [4.78, 5) is 23.5. The molecular weight excluding hydrogens is 316 g/mol. The average molecular weight is 346 g/mol. The molecule has 2 amide bonds. The third-order valence-corrected chi connectivity index (χ3v) is 5.58. The maximum Gasteiger partial charge on any atom is 0.255 e. The minimum Gasteiger partial charge on any atom is -0.483 e. The molecule has 0 saturated heterocycles. The monoisotopic (exact) mass is 346 g/mol. The number of benzene rings is 1. The predicted octanol–water partition coefficient (Wildman–Crippen LogP) is 3.28. The molecular formula is C20H30N2O3. The first kappa shape index (κ1) is 19.3. The van der Waals surface area contributed by atoms with Crippen LogP contribution in [0.5, 0.6) is 5.75 Å². The van der Waals surface area contributed by atoms with Crippen LogP contribution < -0.4 is 15.8 Å². The van der Waals surface area contributed by atoms with Crippen LogP contribution in [-0.2, 0) is 4.79 Å². The Balaban J connectivity index is 1.94. The van der Waals surface area contributed by atoms with Gasteiger partial charge >= 0.3 is 0 Å². The second-order valence-electron chi connectivity index (χ2n) is 7.62.